The Labute approximate surface area is 118 Å². The summed E-state index contributed by atoms with van der Waals surface area (Å²) in [4.78, 5) is 12.0. The molecule has 3 N–H and O–H groups in total. The van der Waals surface area contributed by atoms with Crippen LogP contribution >= 0.6 is 0 Å². The number of primary sulfonamides is 1. The molecule has 0 aliphatic carbocycles. The van der Waals surface area contributed by atoms with Gasteiger partial charge in [-0.2, -0.15) is 0 Å². The van der Waals surface area contributed by atoms with Crippen LogP contribution in [-0.4, -0.2) is 38.1 Å². The molecule has 112 valence electrons. The second kappa shape index (κ2) is 5.94. The normalized spacial score (nSPS) is 19.8. The van der Waals surface area contributed by atoms with Crippen molar-refractivity contribution in [2.24, 2.45) is 12.2 Å². The van der Waals surface area contributed by atoms with E-state index in [2.05, 4.69) is 5.32 Å². The lowest BCUT2D eigenvalue weighted by Crippen LogP contribution is -2.36. The molecule has 1 amide bonds. The molecule has 0 bridgehead atoms. The highest BCUT2D eigenvalue weighted by Crippen LogP contribution is 2.13. The van der Waals surface area contributed by atoms with E-state index in [4.69, 9.17) is 9.88 Å². The molecule has 0 saturated carbocycles. The first-order valence-corrected chi connectivity index (χ1v) is 8.01. The molecule has 0 spiro atoms. The molecule has 2 rings (SSSR count). The topological polar surface area (TPSA) is 103 Å². The van der Waals surface area contributed by atoms with Gasteiger partial charge in [0.15, 0.2) is 0 Å². The number of aryl methyl sites for hydroxylation is 1. The third-order valence-corrected chi connectivity index (χ3v) is 4.19. The van der Waals surface area contributed by atoms with Gasteiger partial charge in [-0.25, -0.2) is 13.6 Å². The third-order valence-electron chi connectivity index (χ3n) is 3.31. The first-order chi connectivity index (χ1) is 9.38. The number of nitrogens with two attached hydrogens (primary N) is 1. The molecule has 0 radical (unpaired) electrons. The number of ether oxygens (including phenoxy) is 1. The van der Waals surface area contributed by atoms with Crippen molar-refractivity contribution in [1.29, 1.82) is 0 Å². The Balaban J connectivity index is 2.00. The van der Waals surface area contributed by atoms with Gasteiger partial charge in [-0.05, 0) is 25.3 Å². The maximum absolute atomic E-state index is 12.0. The summed E-state index contributed by atoms with van der Waals surface area (Å²) in [6.07, 6.45) is 4.43. The van der Waals surface area contributed by atoms with Gasteiger partial charge in [-0.1, -0.05) is 0 Å². The summed E-state index contributed by atoms with van der Waals surface area (Å²) < 4.78 is 29.4. The summed E-state index contributed by atoms with van der Waals surface area (Å²) in [6.45, 7) is 1.15. The van der Waals surface area contributed by atoms with E-state index in [0.717, 1.165) is 25.9 Å². The lowest BCUT2D eigenvalue weighted by molar-refractivity contribution is 0.0168. The lowest BCUT2D eigenvalue weighted by Gasteiger charge is -2.22. The zero-order valence-corrected chi connectivity index (χ0v) is 12.1. The van der Waals surface area contributed by atoms with Crippen molar-refractivity contribution >= 4 is 15.9 Å². The summed E-state index contributed by atoms with van der Waals surface area (Å²) in [6, 6.07) is 1.27. The molecule has 0 aromatic carbocycles. The van der Waals surface area contributed by atoms with Crippen molar-refractivity contribution in [3.8, 4) is 0 Å². The van der Waals surface area contributed by atoms with Gasteiger partial charge < -0.3 is 14.6 Å². The molecule has 1 aliphatic rings. The molecule has 1 aromatic rings. The Morgan fingerprint density at radius 3 is 2.85 bits per heavy atom. The molecular weight excluding hydrogens is 282 g/mol. The molecule has 8 heteroatoms. The number of sulfonamides is 1. The monoisotopic (exact) mass is 301 g/mol. The molecule has 1 aliphatic heterocycles. The van der Waals surface area contributed by atoms with Crippen molar-refractivity contribution in [3.05, 3.63) is 18.0 Å². The van der Waals surface area contributed by atoms with Gasteiger partial charge in [-0.3, -0.25) is 4.79 Å². The van der Waals surface area contributed by atoms with Crippen LogP contribution < -0.4 is 10.5 Å². The molecular formula is C12H19N3O4S. The molecule has 1 aromatic heterocycles. The number of nitrogens with zero attached hydrogens (tertiary/aromatic N) is 1. The number of carbonyl (C=O) groups excluding carboxylic acids is 1. The van der Waals surface area contributed by atoms with Crippen LogP contribution in [0.1, 0.15) is 29.8 Å². The summed E-state index contributed by atoms with van der Waals surface area (Å²) >= 11 is 0. The molecule has 1 fully saturated rings. The standard InChI is InChI=1S/C12H19N3O4S/c1-15-8-10(20(13,17)18)6-11(15)12(16)14-7-9-4-2-3-5-19-9/h6,8-9H,2-5,7H2,1H3,(H,14,16)(H2,13,17,18). The van der Waals surface area contributed by atoms with Crippen LogP contribution in [0.15, 0.2) is 17.2 Å². The molecule has 1 saturated heterocycles. The summed E-state index contributed by atoms with van der Waals surface area (Å²) in [5.74, 6) is -0.337. The Bertz CT molecular complexity index is 588. The van der Waals surface area contributed by atoms with Crippen molar-refractivity contribution in [1.82, 2.24) is 9.88 Å². The number of hydrogen-bond donors (Lipinski definition) is 2. The predicted octanol–water partition coefficient (Wildman–Crippen LogP) is -0.0286. The van der Waals surface area contributed by atoms with Gasteiger partial charge in [0.25, 0.3) is 5.91 Å². The largest absolute Gasteiger partial charge is 0.376 e. The van der Waals surface area contributed by atoms with Crippen molar-refractivity contribution in [3.63, 3.8) is 0 Å². The Morgan fingerprint density at radius 2 is 2.30 bits per heavy atom. The molecule has 20 heavy (non-hydrogen) atoms. The van der Waals surface area contributed by atoms with E-state index in [-0.39, 0.29) is 22.6 Å². The van der Waals surface area contributed by atoms with Gasteiger partial charge in [-0.15, -0.1) is 0 Å². The zero-order valence-electron chi connectivity index (χ0n) is 11.3. The SMILES string of the molecule is Cn1cc(S(N)(=O)=O)cc1C(=O)NCC1CCCCO1. The highest BCUT2D eigenvalue weighted by atomic mass is 32.2. The number of amides is 1. The van der Waals surface area contributed by atoms with Gasteiger partial charge in [0.2, 0.25) is 10.0 Å². The molecule has 7 nitrogen and oxygen atoms in total. The fourth-order valence-electron chi connectivity index (χ4n) is 2.18. The Kier molecular flexibility index (Phi) is 4.46. The number of carbonyl (C=O) groups is 1. The van der Waals surface area contributed by atoms with Crippen LogP contribution in [0, 0.1) is 0 Å². The van der Waals surface area contributed by atoms with E-state index in [1.165, 1.54) is 16.8 Å². The van der Waals surface area contributed by atoms with Gasteiger partial charge in [0, 0.05) is 26.4 Å². The fourth-order valence-corrected chi connectivity index (χ4v) is 2.76. The first-order valence-electron chi connectivity index (χ1n) is 6.47. The van der Waals surface area contributed by atoms with E-state index in [1.54, 1.807) is 7.05 Å². The van der Waals surface area contributed by atoms with Gasteiger partial charge in [0.1, 0.15) is 10.6 Å². The van der Waals surface area contributed by atoms with Crippen molar-refractivity contribution in [2.75, 3.05) is 13.2 Å². The Morgan fingerprint density at radius 1 is 1.55 bits per heavy atom. The number of nitrogens with one attached hydrogen (secondary N) is 1. The average Bonchev–Trinajstić information content (AvgIpc) is 2.79. The summed E-state index contributed by atoms with van der Waals surface area (Å²) in [5, 5.41) is 7.79. The molecule has 1 unspecified atom stereocenters. The maximum Gasteiger partial charge on any atom is 0.268 e. The summed E-state index contributed by atoms with van der Waals surface area (Å²) in [7, 11) is -2.20. The number of rotatable bonds is 4. The molecule has 2 heterocycles. The second-order valence-electron chi connectivity index (χ2n) is 4.92. The number of hydrogen-bond acceptors (Lipinski definition) is 4. The molecule has 1 atom stereocenters. The van der Waals surface area contributed by atoms with E-state index in [0.29, 0.717) is 6.54 Å². The fraction of sp³-hybridized carbons (Fsp3) is 0.583. The summed E-state index contributed by atoms with van der Waals surface area (Å²) in [5.41, 5.74) is 0.254. The minimum Gasteiger partial charge on any atom is -0.376 e. The van der Waals surface area contributed by atoms with Crippen LogP contribution in [0.2, 0.25) is 0 Å². The smallest absolute Gasteiger partial charge is 0.268 e. The highest BCUT2D eigenvalue weighted by molar-refractivity contribution is 7.89. The second-order valence-corrected chi connectivity index (χ2v) is 6.48. The average molecular weight is 301 g/mol. The van der Waals surface area contributed by atoms with Crippen LogP contribution in [0.5, 0.6) is 0 Å². The van der Waals surface area contributed by atoms with E-state index in [1.807, 2.05) is 0 Å². The number of aromatic nitrogens is 1. The van der Waals surface area contributed by atoms with Crippen molar-refractivity contribution < 1.29 is 17.9 Å². The van der Waals surface area contributed by atoms with Crippen LogP contribution in [0.25, 0.3) is 0 Å². The lowest BCUT2D eigenvalue weighted by atomic mass is 10.1. The zero-order chi connectivity index (χ0) is 14.8. The van der Waals surface area contributed by atoms with Crippen LogP contribution in [0.3, 0.4) is 0 Å². The maximum atomic E-state index is 12.0. The van der Waals surface area contributed by atoms with Crippen LogP contribution in [-0.2, 0) is 21.8 Å². The minimum atomic E-state index is -3.80. The Hall–Kier alpha value is -1.38. The van der Waals surface area contributed by atoms with E-state index >= 15 is 0 Å². The van der Waals surface area contributed by atoms with Gasteiger partial charge in [0.05, 0.1) is 6.10 Å². The van der Waals surface area contributed by atoms with E-state index in [9.17, 15) is 13.2 Å². The third kappa shape index (κ3) is 3.59. The van der Waals surface area contributed by atoms with Gasteiger partial charge >= 0.3 is 0 Å². The minimum absolute atomic E-state index is 0.0330. The van der Waals surface area contributed by atoms with Crippen molar-refractivity contribution in [2.45, 2.75) is 30.3 Å². The van der Waals surface area contributed by atoms with E-state index < -0.39 is 10.0 Å². The predicted molar refractivity (Wildman–Crippen MR) is 72.7 cm³/mol. The highest BCUT2D eigenvalue weighted by Gasteiger charge is 2.19. The van der Waals surface area contributed by atoms with Crippen LogP contribution in [0.4, 0.5) is 0 Å². The quantitative estimate of drug-likeness (QED) is 0.815. The first kappa shape index (κ1) is 15.0.